The van der Waals surface area contributed by atoms with Crippen molar-refractivity contribution < 1.29 is 18.3 Å². The molecule has 0 saturated carbocycles. The SMILES string of the molecule is CCN(CC)S(=O)(=O)c1ccc(NN=Cc2ccccc2[N+](=O)[O-])c([N+](=O)[O-])c1. The van der Waals surface area contributed by atoms with Crippen molar-refractivity contribution in [3.8, 4) is 0 Å². The van der Waals surface area contributed by atoms with Gasteiger partial charge < -0.3 is 0 Å². The van der Waals surface area contributed by atoms with Gasteiger partial charge in [-0.25, -0.2) is 8.42 Å². The van der Waals surface area contributed by atoms with E-state index in [1.165, 1.54) is 34.6 Å². The number of sulfonamides is 1. The monoisotopic (exact) mass is 421 g/mol. The minimum absolute atomic E-state index is 0.0525. The third-order valence-corrected chi connectivity index (χ3v) is 6.08. The van der Waals surface area contributed by atoms with Crippen molar-refractivity contribution in [3.05, 3.63) is 68.3 Å². The molecule has 11 nitrogen and oxygen atoms in total. The number of benzene rings is 2. The number of nitrogens with one attached hydrogen (secondary N) is 1. The number of para-hydroxylation sites is 1. The maximum atomic E-state index is 12.6. The van der Waals surface area contributed by atoms with E-state index >= 15 is 0 Å². The minimum atomic E-state index is -3.86. The van der Waals surface area contributed by atoms with E-state index in [-0.39, 0.29) is 34.9 Å². The van der Waals surface area contributed by atoms with Crippen molar-refractivity contribution in [3.63, 3.8) is 0 Å². The van der Waals surface area contributed by atoms with Gasteiger partial charge in [0.15, 0.2) is 0 Å². The van der Waals surface area contributed by atoms with E-state index < -0.39 is 25.6 Å². The van der Waals surface area contributed by atoms with Crippen molar-refractivity contribution >= 4 is 33.3 Å². The van der Waals surface area contributed by atoms with Crippen LogP contribution in [0.3, 0.4) is 0 Å². The first kappa shape index (κ1) is 21.9. The Hall–Kier alpha value is -3.38. The lowest BCUT2D eigenvalue weighted by Gasteiger charge is -2.18. The number of hydrogen-bond acceptors (Lipinski definition) is 8. The molecule has 0 radical (unpaired) electrons. The zero-order chi connectivity index (χ0) is 21.6. The van der Waals surface area contributed by atoms with Crippen LogP contribution in [0.2, 0.25) is 0 Å². The smallest absolute Gasteiger partial charge is 0.272 e. The maximum Gasteiger partial charge on any atom is 0.295 e. The Morgan fingerprint density at radius 1 is 1.03 bits per heavy atom. The van der Waals surface area contributed by atoms with Gasteiger partial charge in [-0.05, 0) is 18.2 Å². The van der Waals surface area contributed by atoms with Gasteiger partial charge in [0.1, 0.15) is 5.69 Å². The molecule has 12 heteroatoms. The van der Waals surface area contributed by atoms with Crippen LogP contribution < -0.4 is 5.43 Å². The number of hydrogen-bond donors (Lipinski definition) is 1. The number of nitro benzene ring substituents is 2. The van der Waals surface area contributed by atoms with Gasteiger partial charge in [-0.15, -0.1) is 0 Å². The van der Waals surface area contributed by atoms with E-state index in [0.29, 0.717) is 0 Å². The van der Waals surface area contributed by atoms with E-state index in [1.807, 2.05) is 0 Å². The fourth-order valence-electron chi connectivity index (χ4n) is 2.56. The summed E-state index contributed by atoms with van der Waals surface area (Å²) in [6.45, 7) is 3.80. The summed E-state index contributed by atoms with van der Waals surface area (Å²) in [5.41, 5.74) is 1.93. The summed E-state index contributed by atoms with van der Waals surface area (Å²) in [5.74, 6) is 0. The van der Waals surface area contributed by atoms with Gasteiger partial charge in [-0.1, -0.05) is 26.0 Å². The van der Waals surface area contributed by atoms with Crippen molar-refractivity contribution in [2.45, 2.75) is 18.7 Å². The van der Waals surface area contributed by atoms with Crippen LogP contribution >= 0.6 is 0 Å². The van der Waals surface area contributed by atoms with Crippen molar-refractivity contribution in [1.29, 1.82) is 0 Å². The Labute approximate surface area is 167 Å². The second-order valence-electron chi connectivity index (χ2n) is 5.71. The molecule has 2 rings (SSSR count). The third kappa shape index (κ3) is 4.92. The zero-order valence-electron chi connectivity index (χ0n) is 15.7. The molecule has 0 unspecified atom stereocenters. The molecule has 0 aliphatic rings. The molecule has 0 heterocycles. The lowest BCUT2D eigenvalue weighted by atomic mass is 10.2. The molecule has 0 saturated heterocycles. The highest BCUT2D eigenvalue weighted by atomic mass is 32.2. The number of nitrogens with zero attached hydrogens (tertiary/aromatic N) is 4. The first-order chi connectivity index (χ1) is 13.7. The molecule has 1 N–H and O–H groups in total. The number of anilines is 1. The lowest BCUT2D eigenvalue weighted by Crippen LogP contribution is -2.30. The Balaban J connectivity index is 2.36. The molecule has 0 aliphatic heterocycles. The van der Waals surface area contributed by atoms with Gasteiger partial charge in [-0.2, -0.15) is 9.41 Å². The van der Waals surface area contributed by atoms with Crippen molar-refractivity contribution in [2.24, 2.45) is 5.10 Å². The summed E-state index contributed by atoms with van der Waals surface area (Å²) in [4.78, 5) is 20.9. The Morgan fingerprint density at radius 3 is 2.24 bits per heavy atom. The van der Waals surface area contributed by atoms with Crippen molar-refractivity contribution in [2.75, 3.05) is 18.5 Å². The molecule has 0 atom stereocenters. The quantitative estimate of drug-likeness (QED) is 0.372. The molecule has 0 aromatic heterocycles. The Morgan fingerprint density at radius 2 is 1.66 bits per heavy atom. The highest BCUT2D eigenvalue weighted by Crippen LogP contribution is 2.29. The average molecular weight is 421 g/mol. The molecule has 0 fully saturated rings. The molecule has 2 aromatic rings. The van der Waals surface area contributed by atoms with Crippen molar-refractivity contribution in [1.82, 2.24) is 4.31 Å². The summed E-state index contributed by atoms with van der Waals surface area (Å²) >= 11 is 0. The fourth-order valence-corrected chi connectivity index (χ4v) is 4.04. The number of hydrazone groups is 1. The first-order valence-corrected chi connectivity index (χ1v) is 9.97. The number of rotatable bonds is 9. The predicted octanol–water partition coefficient (Wildman–Crippen LogP) is 2.98. The normalized spacial score (nSPS) is 11.7. The topological polar surface area (TPSA) is 148 Å². The van der Waals surface area contributed by atoms with Crippen LogP contribution in [-0.4, -0.2) is 41.9 Å². The van der Waals surface area contributed by atoms with Crippen LogP contribution in [0.15, 0.2) is 52.5 Å². The molecule has 2 aromatic carbocycles. The molecule has 0 spiro atoms. The molecule has 0 amide bonds. The summed E-state index contributed by atoms with van der Waals surface area (Å²) in [6.07, 6.45) is 1.16. The zero-order valence-corrected chi connectivity index (χ0v) is 16.5. The van der Waals surface area contributed by atoms with Gasteiger partial charge in [-0.3, -0.25) is 25.7 Å². The Bertz CT molecular complexity index is 1050. The second-order valence-corrected chi connectivity index (χ2v) is 7.65. The van der Waals surface area contributed by atoms with Gasteiger partial charge in [0, 0.05) is 25.2 Å². The fraction of sp³-hybridized carbons (Fsp3) is 0.235. The molecular weight excluding hydrogens is 402 g/mol. The van der Waals surface area contributed by atoms with Crippen LogP contribution in [0.5, 0.6) is 0 Å². The van der Waals surface area contributed by atoms with E-state index in [2.05, 4.69) is 10.5 Å². The lowest BCUT2D eigenvalue weighted by molar-refractivity contribution is -0.385. The molecule has 154 valence electrons. The minimum Gasteiger partial charge on any atom is -0.272 e. The average Bonchev–Trinajstić information content (AvgIpc) is 2.68. The van der Waals surface area contributed by atoms with Crippen LogP contribution in [0.25, 0.3) is 0 Å². The standard InChI is InChI=1S/C17H19N5O6S/c1-3-20(4-2)29(27,28)14-9-10-15(17(11-14)22(25)26)19-18-12-13-7-5-6-8-16(13)21(23)24/h5-12,19H,3-4H2,1-2H3. The summed E-state index contributed by atoms with van der Waals surface area (Å²) in [6, 6.07) is 9.28. The van der Waals surface area contributed by atoms with Gasteiger partial charge in [0.25, 0.3) is 11.4 Å². The van der Waals surface area contributed by atoms with Gasteiger partial charge in [0.2, 0.25) is 10.0 Å². The largest absolute Gasteiger partial charge is 0.295 e. The second kappa shape index (κ2) is 9.21. The third-order valence-electron chi connectivity index (χ3n) is 4.03. The van der Waals surface area contributed by atoms with E-state index in [4.69, 9.17) is 0 Å². The van der Waals surface area contributed by atoms with Gasteiger partial charge in [0.05, 0.1) is 26.5 Å². The molecule has 0 aliphatic carbocycles. The van der Waals surface area contributed by atoms with E-state index in [9.17, 15) is 28.6 Å². The van der Waals surface area contributed by atoms with Crippen LogP contribution in [-0.2, 0) is 10.0 Å². The van der Waals surface area contributed by atoms with Gasteiger partial charge >= 0.3 is 0 Å². The summed E-state index contributed by atoms with van der Waals surface area (Å²) in [7, 11) is -3.86. The highest BCUT2D eigenvalue weighted by Gasteiger charge is 2.25. The molecule has 0 bridgehead atoms. The molecule has 29 heavy (non-hydrogen) atoms. The summed E-state index contributed by atoms with van der Waals surface area (Å²) < 4.78 is 26.3. The summed E-state index contributed by atoms with van der Waals surface area (Å²) in [5, 5.41) is 26.2. The highest BCUT2D eigenvalue weighted by molar-refractivity contribution is 7.89. The first-order valence-electron chi connectivity index (χ1n) is 8.53. The molecular formula is C17H19N5O6S. The van der Waals surface area contributed by atoms with Crippen LogP contribution in [0, 0.1) is 20.2 Å². The van der Waals surface area contributed by atoms with E-state index in [0.717, 1.165) is 12.3 Å². The van der Waals surface area contributed by atoms with Crippen LogP contribution in [0.4, 0.5) is 17.1 Å². The van der Waals surface area contributed by atoms with Crippen LogP contribution in [0.1, 0.15) is 19.4 Å². The maximum absolute atomic E-state index is 12.6. The predicted molar refractivity (Wildman–Crippen MR) is 108 cm³/mol. The van der Waals surface area contributed by atoms with E-state index in [1.54, 1.807) is 19.9 Å². The Kier molecular flexibility index (Phi) is 6.96. The number of nitro groups is 2.